The molecule has 0 fully saturated rings. The van der Waals surface area contributed by atoms with Crippen LogP contribution in [0.25, 0.3) is 11.3 Å². The number of rotatable bonds is 1. The highest BCUT2D eigenvalue weighted by Crippen LogP contribution is 2.18. The zero-order valence-electron chi connectivity index (χ0n) is 7.31. The Bertz CT molecular complexity index is 379. The van der Waals surface area contributed by atoms with Crippen LogP contribution in [0.15, 0.2) is 41.0 Å². The summed E-state index contributed by atoms with van der Waals surface area (Å²) >= 11 is 3.24. The molecular weight excluding hydrogens is 242 g/mol. The Morgan fingerprint density at radius 3 is 2.21 bits per heavy atom. The van der Waals surface area contributed by atoms with Gasteiger partial charge in [-0.1, -0.05) is 12.1 Å². The highest BCUT2D eigenvalue weighted by atomic mass is 79.9. The van der Waals surface area contributed by atoms with Crippen molar-refractivity contribution in [2.24, 2.45) is 0 Å². The predicted octanol–water partition coefficient (Wildman–Crippen LogP) is 2.49. The van der Waals surface area contributed by atoms with Crippen LogP contribution in [0.2, 0.25) is 0 Å². The quantitative estimate of drug-likeness (QED) is 0.791. The minimum atomic E-state index is 0.733. The summed E-state index contributed by atoms with van der Waals surface area (Å²) in [6.45, 7) is 0. The molecule has 0 radical (unpaired) electrons. The lowest BCUT2D eigenvalue weighted by Crippen LogP contribution is -1.88. The number of nitrogens with zero attached hydrogens (tertiary/aromatic N) is 2. The Morgan fingerprint density at radius 2 is 1.64 bits per heavy atom. The Balaban J connectivity index is 2.40. The first-order valence-corrected chi connectivity index (χ1v) is 4.90. The third-order valence-corrected chi connectivity index (χ3v) is 2.26. The molecule has 14 heavy (non-hydrogen) atoms. The molecule has 2 aromatic rings. The SMILES string of the molecule is Nc1ccc(-c2ccc(Br)nn2)cc1. The molecule has 0 aliphatic heterocycles. The molecule has 0 saturated carbocycles. The van der Waals surface area contributed by atoms with Crippen LogP contribution in [0, 0.1) is 0 Å². The fourth-order valence-electron chi connectivity index (χ4n) is 1.12. The van der Waals surface area contributed by atoms with Crippen LogP contribution in [0.4, 0.5) is 5.69 Å². The van der Waals surface area contributed by atoms with E-state index in [2.05, 4.69) is 26.1 Å². The maximum Gasteiger partial charge on any atom is 0.128 e. The molecule has 70 valence electrons. The van der Waals surface area contributed by atoms with Crippen LogP contribution in [-0.4, -0.2) is 10.2 Å². The van der Waals surface area contributed by atoms with Gasteiger partial charge in [-0.25, -0.2) is 0 Å². The molecule has 2 rings (SSSR count). The summed E-state index contributed by atoms with van der Waals surface area (Å²) in [5.41, 5.74) is 8.19. The minimum Gasteiger partial charge on any atom is -0.399 e. The molecule has 0 aliphatic carbocycles. The van der Waals surface area contributed by atoms with E-state index in [4.69, 9.17) is 5.73 Å². The molecule has 1 aromatic heterocycles. The summed E-state index contributed by atoms with van der Waals surface area (Å²) in [7, 11) is 0. The van der Waals surface area contributed by atoms with Gasteiger partial charge < -0.3 is 5.73 Å². The summed E-state index contributed by atoms with van der Waals surface area (Å²) in [5.74, 6) is 0. The molecular formula is C10H8BrN3. The second kappa shape index (κ2) is 3.75. The summed E-state index contributed by atoms with van der Waals surface area (Å²) in [6, 6.07) is 11.3. The zero-order chi connectivity index (χ0) is 9.97. The summed E-state index contributed by atoms with van der Waals surface area (Å²) in [6.07, 6.45) is 0. The Morgan fingerprint density at radius 1 is 0.929 bits per heavy atom. The molecule has 1 aromatic carbocycles. The lowest BCUT2D eigenvalue weighted by Gasteiger charge is -1.99. The third-order valence-electron chi connectivity index (χ3n) is 1.84. The number of anilines is 1. The fraction of sp³-hybridized carbons (Fsp3) is 0. The first-order valence-electron chi connectivity index (χ1n) is 4.11. The summed E-state index contributed by atoms with van der Waals surface area (Å²) < 4.78 is 0.733. The average Bonchev–Trinajstić information content (AvgIpc) is 2.21. The molecule has 2 N–H and O–H groups in total. The summed E-state index contributed by atoms with van der Waals surface area (Å²) in [5, 5.41) is 7.95. The van der Waals surface area contributed by atoms with Crippen molar-refractivity contribution in [2.45, 2.75) is 0 Å². The molecule has 0 saturated heterocycles. The van der Waals surface area contributed by atoms with Gasteiger partial charge in [-0.05, 0) is 40.2 Å². The van der Waals surface area contributed by atoms with Gasteiger partial charge in [0.2, 0.25) is 0 Å². The number of hydrogen-bond donors (Lipinski definition) is 1. The second-order valence-electron chi connectivity index (χ2n) is 2.86. The van der Waals surface area contributed by atoms with Gasteiger partial charge in [0.05, 0.1) is 5.69 Å². The first-order chi connectivity index (χ1) is 6.75. The highest BCUT2D eigenvalue weighted by Gasteiger charge is 1.98. The van der Waals surface area contributed by atoms with E-state index < -0.39 is 0 Å². The van der Waals surface area contributed by atoms with Crippen LogP contribution in [0.1, 0.15) is 0 Å². The van der Waals surface area contributed by atoms with E-state index in [-0.39, 0.29) is 0 Å². The zero-order valence-corrected chi connectivity index (χ0v) is 8.90. The van der Waals surface area contributed by atoms with E-state index in [1.54, 1.807) is 0 Å². The van der Waals surface area contributed by atoms with Crippen molar-refractivity contribution >= 4 is 21.6 Å². The maximum absolute atomic E-state index is 5.59. The standard InChI is InChI=1S/C10H8BrN3/c11-10-6-5-9(13-14-10)7-1-3-8(12)4-2-7/h1-6H,12H2. The molecule has 0 atom stereocenters. The van der Waals surface area contributed by atoms with Crippen molar-refractivity contribution in [3.05, 3.63) is 41.0 Å². The van der Waals surface area contributed by atoms with Gasteiger partial charge >= 0.3 is 0 Å². The summed E-state index contributed by atoms with van der Waals surface area (Å²) in [4.78, 5) is 0. The fourth-order valence-corrected chi connectivity index (χ4v) is 1.34. The highest BCUT2D eigenvalue weighted by molar-refractivity contribution is 9.10. The van der Waals surface area contributed by atoms with Crippen molar-refractivity contribution in [2.75, 3.05) is 5.73 Å². The topological polar surface area (TPSA) is 51.8 Å². The number of aromatic nitrogens is 2. The third kappa shape index (κ3) is 1.90. The van der Waals surface area contributed by atoms with Crippen LogP contribution < -0.4 is 5.73 Å². The first kappa shape index (κ1) is 9.15. The number of halogens is 1. The van der Waals surface area contributed by atoms with Crippen LogP contribution >= 0.6 is 15.9 Å². The van der Waals surface area contributed by atoms with Crippen molar-refractivity contribution in [3.63, 3.8) is 0 Å². The Kier molecular flexibility index (Phi) is 2.45. The predicted molar refractivity (Wildman–Crippen MR) is 59.6 cm³/mol. The second-order valence-corrected chi connectivity index (χ2v) is 3.68. The molecule has 4 heteroatoms. The van der Waals surface area contributed by atoms with E-state index in [9.17, 15) is 0 Å². The molecule has 0 unspecified atom stereocenters. The molecule has 0 aliphatic rings. The van der Waals surface area contributed by atoms with Gasteiger partial charge in [-0.2, -0.15) is 0 Å². The Labute approximate surface area is 90.1 Å². The number of nitrogen functional groups attached to an aromatic ring is 1. The van der Waals surface area contributed by atoms with Crippen LogP contribution in [-0.2, 0) is 0 Å². The van der Waals surface area contributed by atoms with Gasteiger partial charge in [0, 0.05) is 11.3 Å². The van der Waals surface area contributed by atoms with Gasteiger partial charge in [-0.3, -0.25) is 0 Å². The van der Waals surface area contributed by atoms with Gasteiger partial charge in [-0.15, -0.1) is 10.2 Å². The molecule has 0 bridgehead atoms. The largest absolute Gasteiger partial charge is 0.399 e. The van der Waals surface area contributed by atoms with Gasteiger partial charge in [0.25, 0.3) is 0 Å². The van der Waals surface area contributed by atoms with E-state index in [1.807, 2.05) is 36.4 Å². The van der Waals surface area contributed by atoms with E-state index in [1.165, 1.54) is 0 Å². The van der Waals surface area contributed by atoms with Crippen LogP contribution in [0.3, 0.4) is 0 Å². The van der Waals surface area contributed by atoms with Crippen molar-refractivity contribution < 1.29 is 0 Å². The van der Waals surface area contributed by atoms with E-state index in [0.29, 0.717) is 0 Å². The number of nitrogens with two attached hydrogens (primary N) is 1. The normalized spacial score (nSPS) is 10.1. The monoisotopic (exact) mass is 249 g/mol. The molecule has 0 spiro atoms. The van der Waals surface area contributed by atoms with Crippen molar-refractivity contribution in [3.8, 4) is 11.3 Å². The average molecular weight is 250 g/mol. The van der Waals surface area contributed by atoms with Gasteiger partial charge in [0.1, 0.15) is 4.60 Å². The van der Waals surface area contributed by atoms with Crippen molar-refractivity contribution in [1.82, 2.24) is 10.2 Å². The van der Waals surface area contributed by atoms with E-state index in [0.717, 1.165) is 21.5 Å². The lowest BCUT2D eigenvalue weighted by atomic mass is 10.1. The minimum absolute atomic E-state index is 0.733. The molecule has 1 heterocycles. The van der Waals surface area contributed by atoms with Crippen LogP contribution in [0.5, 0.6) is 0 Å². The van der Waals surface area contributed by atoms with Gasteiger partial charge in [0.15, 0.2) is 0 Å². The number of benzene rings is 1. The molecule has 0 amide bonds. The lowest BCUT2D eigenvalue weighted by molar-refractivity contribution is 1.01. The number of hydrogen-bond acceptors (Lipinski definition) is 3. The smallest absolute Gasteiger partial charge is 0.128 e. The van der Waals surface area contributed by atoms with E-state index >= 15 is 0 Å². The maximum atomic E-state index is 5.59. The molecule has 3 nitrogen and oxygen atoms in total. The van der Waals surface area contributed by atoms with Crippen molar-refractivity contribution in [1.29, 1.82) is 0 Å². The Hall–Kier alpha value is -1.42.